The second kappa shape index (κ2) is 8.44. The zero-order chi connectivity index (χ0) is 23.1. The van der Waals surface area contributed by atoms with Crippen LogP contribution in [0, 0.1) is 0 Å². The zero-order valence-electron chi connectivity index (χ0n) is 18.5. The average molecular weight is 464 g/mol. The first-order valence-corrected chi connectivity index (χ1v) is 11.2. The van der Waals surface area contributed by atoms with Crippen molar-refractivity contribution in [3.8, 4) is 0 Å². The molecule has 1 fully saturated rings. The van der Waals surface area contributed by atoms with Crippen molar-refractivity contribution in [2.24, 2.45) is 10.1 Å². The van der Waals surface area contributed by atoms with Gasteiger partial charge in [-0.05, 0) is 30.5 Å². The summed E-state index contributed by atoms with van der Waals surface area (Å²) in [6.07, 6.45) is 1.76. The number of benzene rings is 2. The van der Waals surface area contributed by atoms with Crippen LogP contribution >= 0.6 is 11.6 Å². The number of amidine groups is 1. The minimum atomic E-state index is -0.651. The van der Waals surface area contributed by atoms with E-state index in [0.29, 0.717) is 29.9 Å². The fraction of sp³-hybridized carbons (Fsp3) is 0.292. The van der Waals surface area contributed by atoms with Gasteiger partial charge in [0.15, 0.2) is 0 Å². The van der Waals surface area contributed by atoms with Gasteiger partial charge in [-0.1, -0.05) is 59.1 Å². The summed E-state index contributed by atoms with van der Waals surface area (Å²) in [5.41, 5.74) is 3.01. The fourth-order valence-electron chi connectivity index (χ4n) is 4.36. The van der Waals surface area contributed by atoms with Gasteiger partial charge in [-0.25, -0.2) is 9.37 Å². The van der Waals surface area contributed by atoms with Crippen LogP contribution in [0.15, 0.2) is 64.7 Å². The van der Waals surface area contributed by atoms with Crippen LogP contribution in [0.3, 0.4) is 0 Å². The number of likely N-dealkylation sites (N-methyl/N-ethyl adjacent to an activating group) is 2. The standard InChI is InChI=1S/C24H24ClN6O2/c1-28-21-20(22(32)29(2)24(28)33)30-15-19(17-10-12-18(25)13-11-17)27-31(23(30)26-21)14-6-9-16-7-4-3-5-8-16/h3-5,7-8,10-13,20H,6,9,14-15H2,1-2H3/q+1. The Balaban J connectivity index is 1.47. The van der Waals surface area contributed by atoms with Gasteiger partial charge in [-0.15, -0.1) is 10.1 Å². The number of guanidine groups is 1. The van der Waals surface area contributed by atoms with E-state index in [0.717, 1.165) is 29.0 Å². The van der Waals surface area contributed by atoms with Crippen LogP contribution in [0.5, 0.6) is 0 Å². The van der Waals surface area contributed by atoms with Gasteiger partial charge in [0, 0.05) is 24.7 Å². The molecule has 1 atom stereocenters. The monoisotopic (exact) mass is 463 g/mol. The summed E-state index contributed by atoms with van der Waals surface area (Å²) in [4.78, 5) is 32.9. The molecule has 3 aliphatic rings. The lowest BCUT2D eigenvalue weighted by atomic mass is 10.1. The Kier molecular flexibility index (Phi) is 5.46. The Labute approximate surface area is 197 Å². The van der Waals surface area contributed by atoms with Crippen molar-refractivity contribution in [3.05, 3.63) is 70.7 Å². The molecule has 2 aromatic rings. The van der Waals surface area contributed by atoms with E-state index in [1.807, 2.05) is 52.0 Å². The van der Waals surface area contributed by atoms with Gasteiger partial charge in [0.1, 0.15) is 12.3 Å². The predicted molar refractivity (Wildman–Crippen MR) is 127 cm³/mol. The summed E-state index contributed by atoms with van der Waals surface area (Å²) >= 11 is 6.08. The van der Waals surface area contributed by atoms with Crippen LogP contribution in [-0.4, -0.2) is 82.1 Å². The van der Waals surface area contributed by atoms with E-state index >= 15 is 0 Å². The molecule has 2 aromatic carbocycles. The van der Waals surface area contributed by atoms with Crippen molar-refractivity contribution in [1.82, 2.24) is 14.8 Å². The molecule has 168 valence electrons. The largest absolute Gasteiger partial charge is 0.416 e. The van der Waals surface area contributed by atoms with Crippen LogP contribution in [0.25, 0.3) is 0 Å². The second-order valence-electron chi connectivity index (χ2n) is 8.31. The molecule has 5 rings (SSSR count). The number of amides is 3. The molecule has 0 N–H and O–H groups in total. The van der Waals surface area contributed by atoms with Gasteiger partial charge >= 0.3 is 12.0 Å². The first-order chi connectivity index (χ1) is 15.9. The smallest absolute Gasteiger partial charge is 0.270 e. The molecule has 8 nitrogen and oxygen atoms in total. The molecule has 3 heterocycles. The summed E-state index contributed by atoms with van der Waals surface area (Å²) in [6.45, 7) is 1.04. The Morgan fingerprint density at radius 1 is 1.03 bits per heavy atom. The number of rotatable bonds is 5. The molecule has 3 amide bonds. The third-order valence-corrected chi connectivity index (χ3v) is 6.41. The van der Waals surface area contributed by atoms with Crippen molar-refractivity contribution < 1.29 is 14.2 Å². The summed E-state index contributed by atoms with van der Waals surface area (Å²) in [7, 11) is 3.16. The Morgan fingerprint density at radius 3 is 2.48 bits per heavy atom. The summed E-state index contributed by atoms with van der Waals surface area (Å²) in [6, 6.07) is 16.8. The third-order valence-electron chi connectivity index (χ3n) is 6.16. The van der Waals surface area contributed by atoms with Crippen LogP contribution in [0.1, 0.15) is 17.5 Å². The highest BCUT2D eigenvalue weighted by Crippen LogP contribution is 2.24. The number of carbonyl (C=O) groups is 2. The molecule has 1 unspecified atom stereocenters. The van der Waals surface area contributed by atoms with Gasteiger partial charge in [0.2, 0.25) is 11.9 Å². The number of aliphatic imine (C=N–C) groups is 1. The Hall–Kier alpha value is -3.52. The fourth-order valence-corrected chi connectivity index (χ4v) is 4.48. The quantitative estimate of drug-likeness (QED) is 0.640. The molecular weight excluding hydrogens is 440 g/mol. The molecule has 33 heavy (non-hydrogen) atoms. The van der Waals surface area contributed by atoms with Gasteiger partial charge in [0.25, 0.3) is 5.91 Å². The van der Waals surface area contributed by atoms with E-state index in [1.54, 1.807) is 7.05 Å². The Morgan fingerprint density at radius 2 is 1.76 bits per heavy atom. The summed E-state index contributed by atoms with van der Waals surface area (Å²) in [5.74, 6) is 0.760. The molecule has 0 radical (unpaired) electrons. The topological polar surface area (TPSA) is 71.6 Å². The lowest BCUT2D eigenvalue weighted by Gasteiger charge is -2.32. The predicted octanol–water partition coefficient (Wildman–Crippen LogP) is 2.67. The maximum atomic E-state index is 13.1. The number of halogens is 1. The lowest BCUT2D eigenvalue weighted by molar-refractivity contribution is -0.527. The first kappa shape index (κ1) is 21.3. The molecule has 1 saturated heterocycles. The molecule has 0 bridgehead atoms. The molecular formula is C24H24ClN6O2+. The van der Waals surface area contributed by atoms with E-state index in [1.165, 1.54) is 17.5 Å². The number of imide groups is 1. The SMILES string of the molecule is CN1C(=O)C2C(=NC3=[N+]2CC(c2ccc(Cl)cc2)=NN3CCCc2ccccc2)N(C)C1=O. The number of nitrogens with zero attached hydrogens (tertiary/aromatic N) is 6. The van der Waals surface area contributed by atoms with Crippen molar-refractivity contribution in [2.75, 3.05) is 27.2 Å². The van der Waals surface area contributed by atoms with Gasteiger partial charge in [-0.3, -0.25) is 14.6 Å². The normalized spacial score (nSPS) is 20.1. The number of aryl methyl sites for hydroxylation is 1. The second-order valence-corrected chi connectivity index (χ2v) is 8.74. The maximum Gasteiger partial charge on any atom is 0.416 e. The van der Waals surface area contributed by atoms with Crippen molar-refractivity contribution in [3.63, 3.8) is 0 Å². The van der Waals surface area contributed by atoms with E-state index < -0.39 is 6.04 Å². The number of carbonyl (C=O) groups excluding carboxylic acids is 2. The number of hydrogen-bond donors (Lipinski definition) is 0. The Bertz CT molecular complexity index is 1210. The molecule has 3 aliphatic heterocycles. The third kappa shape index (κ3) is 3.80. The number of hydrogen-bond acceptors (Lipinski definition) is 5. The highest BCUT2D eigenvalue weighted by atomic mass is 35.5. The molecule has 0 aliphatic carbocycles. The van der Waals surface area contributed by atoms with Crippen LogP contribution < -0.4 is 0 Å². The zero-order valence-corrected chi connectivity index (χ0v) is 19.2. The van der Waals surface area contributed by atoms with Gasteiger partial charge in [0.05, 0.1) is 6.54 Å². The van der Waals surface area contributed by atoms with Gasteiger partial charge < -0.3 is 0 Å². The van der Waals surface area contributed by atoms with Crippen molar-refractivity contribution >= 4 is 41.0 Å². The first-order valence-electron chi connectivity index (χ1n) is 10.9. The highest BCUT2D eigenvalue weighted by molar-refractivity contribution is 6.30. The van der Waals surface area contributed by atoms with Crippen molar-refractivity contribution in [2.45, 2.75) is 18.9 Å². The van der Waals surface area contributed by atoms with Gasteiger partial charge in [-0.2, -0.15) is 0 Å². The van der Waals surface area contributed by atoms with Crippen LogP contribution in [0.2, 0.25) is 5.02 Å². The average Bonchev–Trinajstić information content (AvgIpc) is 3.22. The highest BCUT2D eigenvalue weighted by Gasteiger charge is 2.53. The molecule has 0 saturated carbocycles. The van der Waals surface area contributed by atoms with Crippen LogP contribution in [-0.2, 0) is 11.2 Å². The maximum absolute atomic E-state index is 13.1. The van der Waals surface area contributed by atoms with E-state index in [9.17, 15) is 9.59 Å². The molecule has 0 spiro atoms. The van der Waals surface area contributed by atoms with Crippen molar-refractivity contribution in [1.29, 1.82) is 0 Å². The summed E-state index contributed by atoms with van der Waals surface area (Å²) in [5, 5.41) is 7.40. The van der Waals surface area contributed by atoms with E-state index in [2.05, 4.69) is 12.1 Å². The number of fused-ring (bicyclic) bond motifs is 2. The van der Waals surface area contributed by atoms with E-state index in [-0.39, 0.29) is 11.9 Å². The molecule has 9 heteroatoms. The lowest BCUT2D eigenvalue weighted by Crippen LogP contribution is -2.62. The number of urea groups is 1. The van der Waals surface area contributed by atoms with Crippen LogP contribution in [0.4, 0.5) is 4.79 Å². The molecule has 0 aromatic heterocycles. The van der Waals surface area contributed by atoms with E-state index in [4.69, 9.17) is 21.7 Å². The number of hydrazone groups is 1. The summed E-state index contributed by atoms with van der Waals surface area (Å²) < 4.78 is 1.94. The minimum Gasteiger partial charge on any atom is -0.270 e. The minimum absolute atomic E-state index is 0.284.